The summed E-state index contributed by atoms with van der Waals surface area (Å²) in [5, 5.41) is 0. The summed E-state index contributed by atoms with van der Waals surface area (Å²) in [6, 6.07) is 0.979. The zero-order valence-electron chi connectivity index (χ0n) is 13.3. The summed E-state index contributed by atoms with van der Waals surface area (Å²) >= 11 is 0. The minimum Gasteiger partial charge on any atom is -0.356 e. The van der Waals surface area contributed by atoms with E-state index in [1.807, 2.05) is 0 Å². The normalized spacial score (nSPS) is 22.1. The Bertz CT molecular complexity index is 245. The second kappa shape index (κ2) is 7.58. The van der Waals surface area contributed by atoms with Crippen LogP contribution in [0.15, 0.2) is 0 Å². The molecule has 0 saturated heterocycles. The molecule has 2 N–H and O–H groups in total. The first kappa shape index (κ1) is 16.9. The number of hydrogen-bond acceptors (Lipinski definition) is 4. The number of methoxy groups -OCH3 is 2. The first-order valence-electron chi connectivity index (χ1n) is 7.41. The van der Waals surface area contributed by atoms with E-state index in [1.165, 1.54) is 25.7 Å². The van der Waals surface area contributed by atoms with Gasteiger partial charge < -0.3 is 15.2 Å². The zero-order valence-corrected chi connectivity index (χ0v) is 13.3. The van der Waals surface area contributed by atoms with E-state index in [0.29, 0.717) is 24.0 Å². The van der Waals surface area contributed by atoms with Gasteiger partial charge in [0.1, 0.15) is 0 Å². The van der Waals surface area contributed by atoms with Gasteiger partial charge >= 0.3 is 0 Å². The van der Waals surface area contributed by atoms with Crippen LogP contribution >= 0.6 is 0 Å². The van der Waals surface area contributed by atoms with Gasteiger partial charge in [-0.3, -0.25) is 4.90 Å². The van der Waals surface area contributed by atoms with Gasteiger partial charge in [-0.1, -0.05) is 13.8 Å². The van der Waals surface area contributed by atoms with Crippen LogP contribution in [0.3, 0.4) is 0 Å². The van der Waals surface area contributed by atoms with Crippen LogP contribution in [0.5, 0.6) is 0 Å². The van der Waals surface area contributed by atoms with E-state index in [-0.39, 0.29) is 6.29 Å². The number of hydrogen-bond donors (Lipinski definition) is 1. The number of ether oxygens (including phenoxy) is 2. The second-order valence-corrected chi connectivity index (χ2v) is 6.59. The molecule has 0 heterocycles. The molecule has 19 heavy (non-hydrogen) atoms. The standard InChI is InChI=1S/C15H32N2O2/c1-15(2)8-6-12(7-9-15)17(3)13(11-16)10-14(18-4)19-5/h12-14H,6-11,16H2,1-5H3. The molecule has 0 aromatic carbocycles. The molecule has 4 nitrogen and oxygen atoms in total. The van der Waals surface area contributed by atoms with Crippen molar-refractivity contribution >= 4 is 0 Å². The lowest BCUT2D eigenvalue weighted by molar-refractivity contribution is -0.118. The smallest absolute Gasteiger partial charge is 0.158 e. The van der Waals surface area contributed by atoms with Crippen LogP contribution in [0.1, 0.15) is 46.0 Å². The number of likely N-dealkylation sites (N-methyl/N-ethyl adjacent to an activating group) is 1. The lowest BCUT2D eigenvalue weighted by Gasteiger charge is -2.42. The van der Waals surface area contributed by atoms with Crippen molar-refractivity contribution in [2.75, 3.05) is 27.8 Å². The van der Waals surface area contributed by atoms with Gasteiger partial charge in [0.2, 0.25) is 0 Å². The van der Waals surface area contributed by atoms with Gasteiger partial charge in [-0.2, -0.15) is 0 Å². The monoisotopic (exact) mass is 272 g/mol. The van der Waals surface area contributed by atoms with Crippen molar-refractivity contribution in [1.29, 1.82) is 0 Å². The summed E-state index contributed by atoms with van der Waals surface area (Å²) in [6.07, 6.45) is 5.82. The zero-order chi connectivity index (χ0) is 14.5. The Morgan fingerprint density at radius 3 is 2.16 bits per heavy atom. The Balaban J connectivity index is 2.51. The third-order valence-corrected chi connectivity index (χ3v) is 4.72. The van der Waals surface area contributed by atoms with E-state index in [9.17, 15) is 0 Å². The molecule has 0 aliphatic heterocycles. The van der Waals surface area contributed by atoms with Crippen molar-refractivity contribution in [1.82, 2.24) is 4.90 Å². The van der Waals surface area contributed by atoms with Gasteiger partial charge in [0.05, 0.1) is 0 Å². The molecule has 1 atom stereocenters. The third-order valence-electron chi connectivity index (χ3n) is 4.72. The van der Waals surface area contributed by atoms with Crippen molar-refractivity contribution in [3.05, 3.63) is 0 Å². The molecule has 0 bridgehead atoms. The Morgan fingerprint density at radius 2 is 1.74 bits per heavy atom. The van der Waals surface area contributed by atoms with Crippen molar-refractivity contribution in [3.8, 4) is 0 Å². The molecule has 1 rings (SSSR count). The van der Waals surface area contributed by atoms with Crippen LogP contribution in [-0.2, 0) is 9.47 Å². The first-order chi connectivity index (χ1) is 8.93. The van der Waals surface area contributed by atoms with Crippen LogP contribution in [0, 0.1) is 5.41 Å². The van der Waals surface area contributed by atoms with Crippen molar-refractivity contribution in [2.45, 2.75) is 64.3 Å². The van der Waals surface area contributed by atoms with Gasteiger partial charge in [-0.25, -0.2) is 0 Å². The van der Waals surface area contributed by atoms with Crippen molar-refractivity contribution < 1.29 is 9.47 Å². The van der Waals surface area contributed by atoms with E-state index in [1.54, 1.807) is 14.2 Å². The van der Waals surface area contributed by atoms with Crippen LogP contribution in [0.4, 0.5) is 0 Å². The Hall–Kier alpha value is -0.160. The van der Waals surface area contributed by atoms with Crippen molar-refractivity contribution in [2.24, 2.45) is 11.1 Å². The molecule has 1 saturated carbocycles. The topological polar surface area (TPSA) is 47.7 Å². The van der Waals surface area contributed by atoms with Crippen molar-refractivity contribution in [3.63, 3.8) is 0 Å². The summed E-state index contributed by atoms with van der Waals surface area (Å²) in [5.41, 5.74) is 6.45. The van der Waals surface area contributed by atoms with E-state index in [2.05, 4.69) is 25.8 Å². The minimum absolute atomic E-state index is 0.156. The predicted molar refractivity (Wildman–Crippen MR) is 79.1 cm³/mol. The SMILES string of the molecule is COC(CC(CN)N(C)C1CCC(C)(C)CC1)OC. The van der Waals surface area contributed by atoms with Crippen LogP contribution in [0.2, 0.25) is 0 Å². The molecule has 1 aliphatic rings. The highest BCUT2D eigenvalue weighted by Crippen LogP contribution is 2.37. The van der Waals surface area contributed by atoms with Gasteiger partial charge in [0.15, 0.2) is 6.29 Å². The highest BCUT2D eigenvalue weighted by atomic mass is 16.7. The van der Waals surface area contributed by atoms with Crippen LogP contribution in [0.25, 0.3) is 0 Å². The minimum atomic E-state index is -0.156. The summed E-state index contributed by atoms with van der Waals surface area (Å²) in [6.45, 7) is 5.39. The van der Waals surface area contributed by atoms with E-state index >= 15 is 0 Å². The largest absolute Gasteiger partial charge is 0.356 e. The number of rotatable bonds is 7. The van der Waals surface area contributed by atoms with Gasteiger partial charge in [0.25, 0.3) is 0 Å². The average Bonchev–Trinajstić information content (AvgIpc) is 2.39. The molecule has 0 spiro atoms. The maximum absolute atomic E-state index is 5.94. The van der Waals surface area contributed by atoms with E-state index < -0.39 is 0 Å². The summed E-state index contributed by atoms with van der Waals surface area (Å²) in [5.74, 6) is 0. The molecule has 114 valence electrons. The fourth-order valence-electron chi connectivity index (χ4n) is 3.03. The summed E-state index contributed by atoms with van der Waals surface area (Å²) < 4.78 is 10.6. The lowest BCUT2D eigenvalue weighted by atomic mass is 9.75. The molecule has 0 aromatic rings. The highest BCUT2D eigenvalue weighted by Gasteiger charge is 2.31. The Kier molecular flexibility index (Phi) is 6.74. The number of nitrogens with two attached hydrogens (primary N) is 1. The quantitative estimate of drug-likeness (QED) is 0.722. The van der Waals surface area contributed by atoms with E-state index in [4.69, 9.17) is 15.2 Å². The van der Waals surface area contributed by atoms with E-state index in [0.717, 1.165) is 6.42 Å². The fourth-order valence-corrected chi connectivity index (χ4v) is 3.03. The maximum atomic E-state index is 5.94. The molecular formula is C15H32N2O2. The lowest BCUT2D eigenvalue weighted by Crippen LogP contribution is -2.48. The molecule has 1 unspecified atom stereocenters. The number of nitrogens with zero attached hydrogens (tertiary/aromatic N) is 1. The molecule has 0 aromatic heterocycles. The summed E-state index contributed by atoms with van der Waals surface area (Å²) in [4.78, 5) is 2.44. The summed E-state index contributed by atoms with van der Waals surface area (Å²) in [7, 11) is 5.57. The molecule has 1 fully saturated rings. The predicted octanol–water partition coefficient (Wildman–Crippen LogP) is 2.22. The first-order valence-corrected chi connectivity index (χ1v) is 7.41. The highest BCUT2D eigenvalue weighted by molar-refractivity contribution is 4.86. The van der Waals surface area contributed by atoms with Gasteiger partial charge in [-0.05, 0) is 38.1 Å². The van der Waals surface area contributed by atoms with Gasteiger partial charge in [-0.15, -0.1) is 0 Å². The third kappa shape index (κ3) is 5.03. The van der Waals surface area contributed by atoms with Crippen LogP contribution < -0.4 is 5.73 Å². The average molecular weight is 272 g/mol. The molecule has 0 radical (unpaired) electrons. The molecule has 0 amide bonds. The Morgan fingerprint density at radius 1 is 1.21 bits per heavy atom. The van der Waals surface area contributed by atoms with Crippen LogP contribution in [-0.4, -0.2) is 51.1 Å². The Labute approximate surface area is 118 Å². The second-order valence-electron chi connectivity index (χ2n) is 6.59. The fraction of sp³-hybridized carbons (Fsp3) is 1.00. The van der Waals surface area contributed by atoms with Gasteiger partial charge in [0, 0.05) is 39.3 Å². The molecular weight excluding hydrogens is 240 g/mol. The molecule has 1 aliphatic carbocycles. The molecule has 4 heteroatoms. The maximum Gasteiger partial charge on any atom is 0.158 e.